The third kappa shape index (κ3) is 5.71. The molecule has 0 aliphatic rings. The number of nitrogens with zero attached hydrogens (tertiary/aromatic N) is 1. The van der Waals surface area contributed by atoms with Crippen LogP contribution in [0, 0.1) is 0 Å². The molecule has 1 aromatic heterocycles. The summed E-state index contributed by atoms with van der Waals surface area (Å²) in [5.41, 5.74) is 14.6. The van der Waals surface area contributed by atoms with Crippen molar-refractivity contribution in [1.82, 2.24) is 0 Å². The molecule has 0 unspecified atom stereocenters. The Labute approximate surface area is 314 Å². The highest BCUT2D eigenvalue weighted by molar-refractivity contribution is 6.16. The van der Waals surface area contributed by atoms with Crippen molar-refractivity contribution in [3.63, 3.8) is 0 Å². The van der Waals surface area contributed by atoms with Crippen LogP contribution in [-0.4, -0.2) is 0 Å². The molecule has 254 valence electrons. The lowest BCUT2D eigenvalue weighted by atomic mass is 9.91. The van der Waals surface area contributed by atoms with Crippen molar-refractivity contribution in [2.24, 2.45) is 0 Å². The lowest BCUT2D eigenvalue weighted by Crippen LogP contribution is -2.09. The van der Waals surface area contributed by atoms with E-state index in [9.17, 15) is 0 Å². The van der Waals surface area contributed by atoms with Crippen molar-refractivity contribution in [1.29, 1.82) is 0 Å². The molecule has 0 aliphatic heterocycles. The molecule has 0 radical (unpaired) electrons. The minimum Gasteiger partial charge on any atom is -0.456 e. The van der Waals surface area contributed by atoms with Crippen LogP contribution < -0.4 is 4.90 Å². The molecule has 0 saturated heterocycles. The molecule has 0 aliphatic carbocycles. The smallest absolute Gasteiger partial charge is 0.136 e. The van der Waals surface area contributed by atoms with E-state index in [1.807, 2.05) is 0 Å². The van der Waals surface area contributed by atoms with Crippen molar-refractivity contribution in [2.45, 2.75) is 0 Å². The number of rotatable bonds is 7. The summed E-state index contributed by atoms with van der Waals surface area (Å²) in [6.07, 6.45) is 0. The second-order valence-corrected chi connectivity index (χ2v) is 13.7. The zero-order chi connectivity index (χ0) is 35.8. The van der Waals surface area contributed by atoms with Gasteiger partial charge in [-0.15, -0.1) is 0 Å². The summed E-state index contributed by atoms with van der Waals surface area (Å²) in [5, 5.41) is 4.67. The van der Waals surface area contributed by atoms with Crippen LogP contribution in [0.5, 0.6) is 0 Å². The largest absolute Gasteiger partial charge is 0.456 e. The van der Waals surface area contributed by atoms with Gasteiger partial charge >= 0.3 is 0 Å². The quantitative estimate of drug-likeness (QED) is 0.166. The summed E-state index contributed by atoms with van der Waals surface area (Å²) in [7, 11) is 0. The van der Waals surface area contributed by atoms with Gasteiger partial charge in [0.2, 0.25) is 0 Å². The van der Waals surface area contributed by atoms with Gasteiger partial charge in [-0.05, 0) is 110 Å². The van der Waals surface area contributed by atoms with Crippen molar-refractivity contribution in [3.05, 3.63) is 212 Å². The van der Waals surface area contributed by atoms with E-state index in [2.05, 4.69) is 217 Å². The molecule has 9 aromatic carbocycles. The average Bonchev–Trinajstić information content (AvgIpc) is 3.62. The van der Waals surface area contributed by atoms with Crippen LogP contribution in [0.4, 0.5) is 17.1 Å². The Morgan fingerprint density at radius 2 is 0.741 bits per heavy atom. The van der Waals surface area contributed by atoms with Gasteiger partial charge in [0, 0.05) is 27.8 Å². The Morgan fingerprint density at radius 1 is 0.296 bits per heavy atom. The Kier molecular flexibility index (Phi) is 7.85. The summed E-state index contributed by atoms with van der Waals surface area (Å²) in [4.78, 5) is 2.34. The molecule has 10 rings (SSSR count). The molecule has 0 saturated carbocycles. The summed E-state index contributed by atoms with van der Waals surface area (Å²) in [5.74, 6) is 0. The Balaban J connectivity index is 1.05. The van der Waals surface area contributed by atoms with Crippen LogP contribution in [-0.2, 0) is 0 Å². The number of hydrogen-bond donors (Lipinski definition) is 0. The van der Waals surface area contributed by atoms with Crippen molar-refractivity contribution < 1.29 is 4.42 Å². The number of fused-ring (bicyclic) bond motifs is 4. The van der Waals surface area contributed by atoms with E-state index >= 15 is 0 Å². The van der Waals surface area contributed by atoms with Gasteiger partial charge in [-0.2, -0.15) is 0 Å². The highest BCUT2D eigenvalue weighted by atomic mass is 16.3. The third-order valence-electron chi connectivity index (χ3n) is 10.5. The van der Waals surface area contributed by atoms with Crippen molar-refractivity contribution in [2.75, 3.05) is 4.90 Å². The van der Waals surface area contributed by atoms with Crippen molar-refractivity contribution >= 4 is 49.8 Å². The second kappa shape index (κ2) is 13.4. The Morgan fingerprint density at radius 3 is 1.31 bits per heavy atom. The van der Waals surface area contributed by atoms with Crippen LogP contribution >= 0.6 is 0 Å². The Bertz CT molecular complexity index is 2810. The van der Waals surface area contributed by atoms with Crippen LogP contribution in [0.3, 0.4) is 0 Å². The third-order valence-corrected chi connectivity index (χ3v) is 10.5. The topological polar surface area (TPSA) is 16.4 Å². The highest BCUT2D eigenvalue weighted by Gasteiger charge is 2.18. The minimum atomic E-state index is 0.898. The predicted octanol–water partition coefficient (Wildman–Crippen LogP) is 14.9. The number of hydrogen-bond acceptors (Lipinski definition) is 2. The minimum absolute atomic E-state index is 0.898. The number of anilines is 3. The molecule has 0 bridgehead atoms. The van der Waals surface area contributed by atoms with Crippen LogP contribution in [0.2, 0.25) is 0 Å². The summed E-state index contributed by atoms with van der Waals surface area (Å²) >= 11 is 0. The molecule has 0 N–H and O–H groups in total. The van der Waals surface area contributed by atoms with Gasteiger partial charge in [0.25, 0.3) is 0 Å². The molecule has 0 spiro atoms. The SMILES string of the molecule is c1ccc(-c2ccc(N(c3ccc(-c4ccccc4)cc3)c3ccc(-c4ccccc4-c4cccc5oc6cc7ccccc7cc6c45)cc3)cc2)cc1. The number of benzene rings is 9. The van der Waals surface area contributed by atoms with Gasteiger partial charge in [0.15, 0.2) is 0 Å². The lowest BCUT2D eigenvalue weighted by Gasteiger charge is -2.26. The maximum atomic E-state index is 6.45. The average molecular weight is 690 g/mol. The first-order chi connectivity index (χ1) is 26.8. The van der Waals surface area contributed by atoms with Gasteiger partial charge in [-0.1, -0.05) is 158 Å². The van der Waals surface area contributed by atoms with Crippen molar-refractivity contribution in [3.8, 4) is 44.5 Å². The maximum Gasteiger partial charge on any atom is 0.136 e. The van der Waals surface area contributed by atoms with Gasteiger partial charge < -0.3 is 9.32 Å². The second-order valence-electron chi connectivity index (χ2n) is 13.7. The highest BCUT2D eigenvalue weighted by Crippen LogP contribution is 2.43. The molecule has 10 aromatic rings. The van der Waals surface area contributed by atoms with Crippen LogP contribution in [0.25, 0.3) is 77.2 Å². The normalized spacial score (nSPS) is 11.3. The van der Waals surface area contributed by atoms with Gasteiger partial charge in [-0.3, -0.25) is 0 Å². The first kappa shape index (κ1) is 31.6. The lowest BCUT2D eigenvalue weighted by molar-refractivity contribution is 0.669. The van der Waals surface area contributed by atoms with E-state index in [0.29, 0.717) is 0 Å². The standard InChI is InChI=1S/C52H35NO/c1-3-12-36(13-4-1)38-22-28-43(29-23-38)53(44-30-24-39(25-31-44)37-14-5-2-6-15-37)45-32-26-40(27-33-45)46-18-9-10-19-47(46)48-20-11-21-50-52(48)49-34-41-16-7-8-17-42(41)35-51(49)54-50/h1-35H. The van der Waals surface area contributed by atoms with E-state index in [1.165, 1.54) is 49.7 Å². The predicted molar refractivity (Wildman–Crippen MR) is 228 cm³/mol. The van der Waals surface area contributed by atoms with E-state index in [4.69, 9.17) is 4.42 Å². The number of furan rings is 1. The van der Waals surface area contributed by atoms with E-state index in [-0.39, 0.29) is 0 Å². The van der Waals surface area contributed by atoms with Gasteiger partial charge in [-0.25, -0.2) is 0 Å². The zero-order valence-electron chi connectivity index (χ0n) is 29.6. The van der Waals surface area contributed by atoms with E-state index < -0.39 is 0 Å². The molecule has 0 amide bonds. The molecule has 54 heavy (non-hydrogen) atoms. The summed E-state index contributed by atoms with van der Waals surface area (Å²) in [6.45, 7) is 0. The van der Waals surface area contributed by atoms with E-state index in [1.54, 1.807) is 0 Å². The fraction of sp³-hybridized carbons (Fsp3) is 0. The molecule has 2 nitrogen and oxygen atoms in total. The zero-order valence-corrected chi connectivity index (χ0v) is 29.6. The Hall–Kier alpha value is -7.16. The fourth-order valence-electron chi connectivity index (χ4n) is 7.81. The maximum absolute atomic E-state index is 6.45. The summed E-state index contributed by atoms with van der Waals surface area (Å²) in [6, 6.07) is 75.8. The monoisotopic (exact) mass is 689 g/mol. The van der Waals surface area contributed by atoms with Gasteiger partial charge in [0.05, 0.1) is 0 Å². The molecular weight excluding hydrogens is 655 g/mol. The van der Waals surface area contributed by atoms with Gasteiger partial charge in [0.1, 0.15) is 11.2 Å². The van der Waals surface area contributed by atoms with Crippen LogP contribution in [0.15, 0.2) is 217 Å². The molecule has 0 fully saturated rings. The molecular formula is C52H35NO. The van der Waals surface area contributed by atoms with Crippen LogP contribution in [0.1, 0.15) is 0 Å². The first-order valence-corrected chi connectivity index (χ1v) is 18.4. The summed E-state index contributed by atoms with van der Waals surface area (Å²) < 4.78 is 6.45. The molecule has 1 heterocycles. The fourth-order valence-corrected chi connectivity index (χ4v) is 7.81. The molecule has 2 heteroatoms. The molecule has 0 atom stereocenters. The first-order valence-electron chi connectivity index (χ1n) is 18.4. The van der Waals surface area contributed by atoms with E-state index in [0.717, 1.165) is 44.6 Å².